The summed E-state index contributed by atoms with van der Waals surface area (Å²) in [5.41, 5.74) is 16.0. The Hall–Kier alpha value is -2.67. The fraction of sp³-hybridized carbons (Fsp3) is 0.375. The standard InChI is InChI=1S/C24H34O2.C10H11.C6H4Cl2N.Mo/c1-13-11-17(23(5,6)7)21(25)19(15(13)3)20-16(4)14(2)12-18(22(20)26)24(8,9)10;1-10(2,3)9-7-5-4-6-8-9;7-4-2-1-3-5(8)6(4)9;/h11-12,25-26H,1-10H3;4-8H,1-2H3;1-3,9H;/q;;-1;+1. The molecule has 0 unspecified atom stereocenters. The van der Waals surface area contributed by atoms with E-state index in [1.54, 1.807) is 18.2 Å². The van der Waals surface area contributed by atoms with E-state index in [0.29, 0.717) is 10.0 Å². The molecule has 3 nitrogen and oxygen atoms in total. The van der Waals surface area contributed by atoms with E-state index in [9.17, 15) is 10.2 Å². The predicted octanol–water partition coefficient (Wildman–Crippen LogP) is 12.7. The van der Waals surface area contributed by atoms with Crippen molar-refractivity contribution in [1.29, 1.82) is 0 Å². The maximum atomic E-state index is 11.2. The maximum Gasteiger partial charge on any atom is 0.127 e. The molecule has 4 aromatic carbocycles. The second-order valence-corrected chi connectivity index (χ2v) is 15.7. The Labute approximate surface area is 298 Å². The molecule has 0 aliphatic rings. The number of aromatic hydroxyl groups is 2. The van der Waals surface area contributed by atoms with Gasteiger partial charge in [0.05, 0.1) is 0 Å². The molecule has 6 heteroatoms. The molecule has 46 heavy (non-hydrogen) atoms. The number of hydrogen-bond donors (Lipinski definition) is 2. The van der Waals surface area contributed by atoms with Crippen molar-refractivity contribution in [2.45, 2.75) is 99.3 Å². The van der Waals surface area contributed by atoms with E-state index < -0.39 is 0 Å². The van der Waals surface area contributed by atoms with Gasteiger partial charge in [0.1, 0.15) is 11.5 Å². The molecule has 0 aromatic heterocycles. The van der Waals surface area contributed by atoms with Gasteiger partial charge in [-0.1, -0.05) is 82.9 Å². The Bertz CT molecular complexity index is 1630. The average molecular weight is 743 g/mol. The van der Waals surface area contributed by atoms with Crippen molar-refractivity contribution < 1.29 is 29.4 Å². The van der Waals surface area contributed by atoms with Crippen LogP contribution in [-0.4, -0.2) is 10.2 Å². The van der Waals surface area contributed by atoms with Crippen molar-refractivity contribution in [2.75, 3.05) is 0 Å². The van der Waals surface area contributed by atoms with Gasteiger partial charge in [-0.25, -0.2) is 0 Å². The van der Waals surface area contributed by atoms with Crippen molar-refractivity contribution in [1.82, 2.24) is 0 Å². The molecule has 3 N–H and O–H groups in total. The second kappa shape index (κ2) is 15.5. The third kappa shape index (κ3) is 9.45. The SMILES string of the molecule is CC(C)([C]#[Mo+])c1ccccc1.Cc1cc(C(C)(C)C)c(O)c(-c2c(C)c(C)cc(C(C)(C)C)c2O)c1C.[NH-]c1c(Cl)cccc1Cl. The maximum absolute atomic E-state index is 11.2. The molecule has 0 aliphatic carbocycles. The number of rotatable bonds is 2. The van der Waals surface area contributed by atoms with Crippen molar-refractivity contribution in [3.05, 3.63) is 115 Å². The van der Waals surface area contributed by atoms with Gasteiger partial charge in [0.25, 0.3) is 0 Å². The number of nitrogens with one attached hydrogen (secondary N) is 1. The molecule has 4 rings (SSSR count). The first kappa shape index (κ1) is 39.5. The summed E-state index contributed by atoms with van der Waals surface area (Å²) in [6.07, 6.45) is 0. The van der Waals surface area contributed by atoms with E-state index in [-0.39, 0.29) is 33.4 Å². The van der Waals surface area contributed by atoms with Gasteiger partial charge in [0.15, 0.2) is 0 Å². The summed E-state index contributed by atoms with van der Waals surface area (Å²) in [7, 11) is 0. The molecule has 0 bridgehead atoms. The van der Waals surface area contributed by atoms with Gasteiger partial charge in [-0.2, -0.15) is 0 Å². The minimum atomic E-state index is -0.183. The van der Waals surface area contributed by atoms with Crippen LogP contribution in [0.4, 0.5) is 5.69 Å². The van der Waals surface area contributed by atoms with Gasteiger partial charge in [-0.15, -0.1) is 5.69 Å². The first-order valence-electron chi connectivity index (χ1n) is 15.3. The molecule has 0 atom stereocenters. The Morgan fingerprint density at radius 2 is 1.00 bits per heavy atom. The number of aryl methyl sites for hydroxylation is 2. The van der Waals surface area contributed by atoms with Crippen LogP contribution in [0.25, 0.3) is 16.9 Å². The van der Waals surface area contributed by atoms with E-state index >= 15 is 0 Å². The van der Waals surface area contributed by atoms with Gasteiger partial charge < -0.3 is 15.9 Å². The molecule has 0 amide bonds. The molecule has 4 aromatic rings. The largest absolute Gasteiger partial charge is 0.696 e. The van der Waals surface area contributed by atoms with Gasteiger partial charge in [0, 0.05) is 32.3 Å². The average Bonchev–Trinajstić information content (AvgIpc) is 2.97. The van der Waals surface area contributed by atoms with Gasteiger partial charge in [-0.05, 0) is 72.9 Å². The first-order valence-corrected chi connectivity index (χ1v) is 17.1. The Morgan fingerprint density at radius 1 is 0.630 bits per heavy atom. The third-order valence-electron chi connectivity index (χ3n) is 8.22. The molecule has 0 saturated carbocycles. The van der Waals surface area contributed by atoms with Crippen molar-refractivity contribution >= 4 is 28.9 Å². The normalized spacial score (nSPS) is 11.5. The number of phenolic OH excluding ortho intramolecular Hbond substituents is 2. The van der Waals surface area contributed by atoms with Crippen LogP contribution in [0.5, 0.6) is 11.5 Å². The van der Waals surface area contributed by atoms with E-state index in [1.165, 1.54) is 5.56 Å². The van der Waals surface area contributed by atoms with Crippen LogP contribution in [0.1, 0.15) is 94.3 Å². The smallest absolute Gasteiger partial charge is 0.127 e. The number of halogens is 2. The fourth-order valence-corrected chi connectivity index (χ4v) is 5.66. The number of benzene rings is 4. The third-order valence-corrected chi connectivity index (χ3v) is 10.1. The second-order valence-electron chi connectivity index (χ2n) is 14.4. The summed E-state index contributed by atoms with van der Waals surface area (Å²) in [6, 6.07) is 19.6. The van der Waals surface area contributed by atoms with Crippen LogP contribution < -0.4 is 0 Å². The van der Waals surface area contributed by atoms with E-state index in [2.05, 4.69) is 110 Å². The molecule has 0 fully saturated rings. The molecule has 246 valence electrons. The molecule has 0 aliphatic heterocycles. The molecular formula is C40H49Cl2MoNO2. The quantitative estimate of drug-likeness (QED) is 0.201. The van der Waals surface area contributed by atoms with Crippen molar-refractivity contribution in [3.63, 3.8) is 0 Å². The van der Waals surface area contributed by atoms with Gasteiger partial charge in [0.2, 0.25) is 0 Å². The molecule has 0 radical (unpaired) electrons. The van der Waals surface area contributed by atoms with Crippen LogP contribution in [0.2, 0.25) is 10.0 Å². The summed E-state index contributed by atoms with van der Waals surface area (Å²) in [6.45, 7) is 25.1. The molecule has 0 spiro atoms. The molecule has 0 saturated heterocycles. The number of phenols is 2. The van der Waals surface area contributed by atoms with E-state index in [0.717, 1.165) is 44.5 Å². The molecular weight excluding hydrogens is 693 g/mol. The van der Waals surface area contributed by atoms with E-state index in [4.69, 9.17) is 28.9 Å². The summed E-state index contributed by atoms with van der Waals surface area (Å²) < 4.78 is 3.27. The van der Waals surface area contributed by atoms with Crippen LogP contribution in [-0.2, 0) is 35.4 Å². The first-order chi connectivity index (χ1) is 21.1. The van der Waals surface area contributed by atoms with Crippen LogP contribution in [0.15, 0.2) is 60.7 Å². The van der Waals surface area contributed by atoms with Gasteiger partial charge >= 0.3 is 78.5 Å². The van der Waals surface area contributed by atoms with Gasteiger partial charge in [-0.3, -0.25) is 0 Å². The zero-order chi connectivity index (χ0) is 35.4. The topological polar surface area (TPSA) is 64.3 Å². The van der Waals surface area contributed by atoms with E-state index in [1.807, 2.05) is 39.1 Å². The van der Waals surface area contributed by atoms with Crippen LogP contribution >= 0.6 is 23.2 Å². The summed E-state index contributed by atoms with van der Waals surface area (Å²) in [5.74, 6) is 0.564. The molecule has 0 heterocycles. The monoisotopic (exact) mass is 743 g/mol. The zero-order valence-corrected chi connectivity index (χ0v) is 32.9. The summed E-state index contributed by atoms with van der Waals surface area (Å²) in [5, 5.41) is 23.2. The van der Waals surface area contributed by atoms with Crippen molar-refractivity contribution in [2.24, 2.45) is 0 Å². The zero-order valence-electron chi connectivity index (χ0n) is 29.3. The minimum Gasteiger partial charge on any atom is -0.696 e. The van der Waals surface area contributed by atoms with Crippen molar-refractivity contribution in [3.8, 4) is 26.8 Å². The van der Waals surface area contributed by atoms with Crippen LogP contribution in [0, 0.1) is 31.9 Å². The summed E-state index contributed by atoms with van der Waals surface area (Å²) >= 11 is 13.0. The Morgan fingerprint density at radius 3 is 1.30 bits per heavy atom. The van der Waals surface area contributed by atoms with Crippen LogP contribution in [0.3, 0.4) is 0 Å². The fourth-order valence-electron chi connectivity index (χ4n) is 4.97. The summed E-state index contributed by atoms with van der Waals surface area (Å²) in [4.78, 5) is 0. The Kier molecular flexibility index (Phi) is 13.3. The predicted molar refractivity (Wildman–Crippen MR) is 195 cm³/mol. The Balaban J connectivity index is 0.000000299. The number of hydrogen-bond acceptors (Lipinski definition) is 2. The minimum absolute atomic E-state index is 0.0890.